The largest absolute Gasteiger partial charge is 0.122 e. The average molecular weight is 261 g/mol. The highest BCUT2D eigenvalue weighted by atomic mass is 35.5. The quantitative estimate of drug-likeness (QED) is 0.556. The molecular weight excluding hydrogens is 244 g/mol. The van der Waals surface area contributed by atoms with E-state index in [1.54, 1.807) is 0 Å². The van der Waals surface area contributed by atoms with E-state index < -0.39 is 8.80 Å². The summed E-state index contributed by atoms with van der Waals surface area (Å²) in [6.07, 6.45) is 0. The fourth-order valence-corrected chi connectivity index (χ4v) is 3.01. The molecule has 2 aromatic carbocycles. The van der Waals surface area contributed by atoms with Crippen molar-refractivity contribution in [3.05, 3.63) is 60.2 Å². The van der Waals surface area contributed by atoms with E-state index in [-0.39, 0.29) is 5.00 Å². The molecule has 1 unspecified atom stereocenters. The Bertz CT molecular complexity index is 462. The van der Waals surface area contributed by atoms with Crippen molar-refractivity contribution in [3.63, 3.8) is 0 Å². The second-order valence-corrected chi connectivity index (χ2v) is 8.68. The van der Waals surface area contributed by atoms with Gasteiger partial charge in [0.05, 0.1) is 8.80 Å². The van der Waals surface area contributed by atoms with Crippen LogP contribution in [0.5, 0.6) is 0 Å². The smallest absolute Gasteiger partial charge is 0.0575 e. The third-order valence-electron chi connectivity index (χ3n) is 2.92. The summed E-state index contributed by atoms with van der Waals surface area (Å²) in [6, 6.07) is 19.1. The molecule has 0 spiro atoms. The summed E-state index contributed by atoms with van der Waals surface area (Å²) in [5, 5.41) is 0.236. The lowest BCUT2D eigenvalue weighted by Crippen LogP contribution is -2.09. The SMILES string of the molecule is C[SiH](C)C(Cl)c1ccc(-c2ccccc2)cc1. The zero-order valence-corrected chi connectivity index (χ0v) is 12.1. The van der Waals surface area contributed by atoms with Crippen LogP contribution in [0.4, 0.5) is 0 Å². The molecule has 2 aromatic rings. The van der Waals surface area contributed by atoms with Crippen molar-refractivity contribution < 1.29 is 0 Å². The monoisotopic (exact) mass is 260 g/mol. The van der Waals surface area contributed by atoms with Gasteiger partial charge in [-0.1, -0.05) is 67.7 Å². The van der Waals surface area contributed by atoms with Gasteiger partial charge in [-0.25, -0.2) is 0 Å². The topological polar surface area (TPSA) is 0 Å². The Morgan fingerprint density at radius 2 is 1.35 bits per heavy atom. The summed E-state index contributed by atoms with van der Waals surface area (Å²) in [6.45, 7) is 4.56. The molecule has 0 saturated carbocycles. The van der Waals surface area contributed by atoms with E-state index in [1.165, 1.54) is 16.7 Å². The number of hydrogen-bond acceptors (Lipinski definition) is 0. The fourth-order valence-electron chi connectivity index (χ4n) is 1.87. The standard InChI is InChI=1S/C15H17ClSi/c1-17(2)15(16)14-10-8-13(9-11-14)12-6-4-3-5-7-12/h3-11,15,17H,1-2H3. The van der Waals surface area contributed by atoms with Crippen LogP contribution in [0.3, 0.4) is 0 Å². The van der Waals surface area contributed by atoms with E-state index in [1.807, 2.05) is 6.07 Å². The van der Waals surface area contributed by atoms with Gasteiger partial charge in [0.1, 0.15) is 0 Å². The second-order valence-electron chi connectivity index (χ2n) is 4.63. The predicted octanol–water partition coefficient (Wildman–Crippen LogP) is 4.66. The highest BCUT2D eigenvalue weighted by Crippen LogP contribution is 2.26. The van der Waals surface area contributed by atoms with E-state index >= 15 is 0 Å². The first-order valence-electron chi connectivity index (χ1n) is 5.98. The Morgan fingerprint density at radius 1 is 0.824 bits per heavy atom. The van der Waals surface area contributed by atoms with Gasteiger partial charge in [-0.2, -0.15) is 0 Å². The Morgan fingerprint density at radius 3 is 1.88 bits per heavy atom. The summed E-state index contributed by atoms with van der Waals surface area (Å²) in [5.41, 5.74) is 3.77. The molecule has 0 amide bonds. The van der Waals surface area contributed by atoms with Gasteiger partial charge in [-0.15, -0.1) is 11.6 Å². The second kappa shape index (κ2) is 5.52. The number of hydrogen-bond donors (Lipinski definition) is 0. The molecule has 0 radical (unpaired) electrons. The maximum atomic E-state index is 6.40. The lowest BCUT2D eigenvalue weighted by molar-refractivity contribution is 1.30. The Balaban J connectivity index is 2.25. The maximum absolute atomic E-state index is 6.40. The highest BCUT2D eigenvalue weighted by Gasteiger charge is 2.12. The number of halogens is 1. The molecule has 0 bridgehead atoms. The number of benzene rings is 2. The minimum absolute atomic E-state index is 0.236. The van der Waals surface area contributed by atoms with Gasteiger partial charge in [0, 0.05) is 5.00 Å². The molecule has 1 atom stereocenters. The third-order valence-corrected chi connectivity index (χ3v) is 6.24. The Kier molecular flexibility index (Phi) is 4.03. The molecule has 0 heterocycles. The summed E-state index contributed by atoms with van der Waals surface area (Å²) in [5.74, 6) is 0. The van der Waals surface area contributed by atoms with E-state index in [9.17, 15) is 0 Å². The molecule has 17 heavy (non-hydrogen) atoms. The van der Waals surface area contributed by atoms with Crippen molar-refractivity contribution in [3.8, 4) is 11.1 Å². The van der Waals surface area contributed by atoms with Crippen LogP contribution in [0.25, 0.3) is 11.1 Å². The van der Waals surface area contributed by atoms with E-state index in [0.29, 0.717) is 0 Å². The van der Waals surface area contributed by atoms with E-state index in [2.05, 4.69) is 61.6 Å². The summed E-state index contributed by atoms with van der Waals surface area (Å²) < 4.78 is 0. The highest BCUT2D eigenvalue weighted by molar-refractivity contribution is 6.66. The van der Waals surface area contributed by atoms with Crippen molar-refractivity contribution in [2.45, 2.75) is 18.1 Å². The summed E-state index contributed by atoms with van der Waals surface area (Å²) >= 11 is 6.40. The molecule has 0 aliphatic carbocycles. The number of rotatable bonds is 3. The van der Waals surface area contributed by atoms with Gasteiger partial charge < -0.3 is 0 Å². The van der Waals surface area contributed by atoms with Crippen LogP contribution in [0, 0.1) is 0 Å². The van der Waals surface area contributed by atoms with Gasteiger partial charge in [-0.3, -0.25) is 0 Å². The minimum Gasteiger partial charge on any atom is -0.122 e. The molecule has 0 aliphatic rings. The van der Waals surface area contributed by atoms with E-state index in [4.69, 9.17) is 11.6 Å². The van der Waals surface area contributed by atoms with Crippen LogP contribution < -0.4 is 0 Å². The molecular formula is C15H17ClSi. The first-order chi connectivity index (χ1) is 8.18. The maximum Gasteiger partial charge on any atom is 0.0575 e. The average Bonchev–Trinajstić information content (AvgIpc) is 2.39. The summed E-state index contributed by atoms with van der Waals surface area (Å²) in [4.78, 5) is 0. The molecule has 0 aliphatic heterocycles. The number of alkyl halides is 1. The van der Waals surface area contributed by atoms with Crippen LogP contribution in [0.2, 0.25) is 13.1 Å². The zero-order chi connectivity index (χ0) is 12.3. The first-order valence-corrected chi connectivity index (χ1v) is 9.39. The molecule has 2 rings (SSSR count). The predicted molar refractivity (Wildman–Crippen MR) is 79.3 cm³/mol. The van der Waals surface area contributed by atoms with Gasteiger partial charge >= 0.3 is 0 Å². The Labute approximate surface area is 110 Å². The summed E-state index contributed by atoms with van der Waals surface area (Å²) in [7, 11) is -0.815. The molecule has 0 aromatic heterocycles. The van der Waals surface area contributed by atoms with Crippen molar-refractivity contribution in [1.29, 1.82) is 0 Å². The van der Waals surface area contributed by atoms with Gasteiger partial charge in [0.2, 0.25) is 0 Å². The lowest BCUT2D eigenvalue weighted by Gasteiger charge is -2.13. The fraction of sp³-hybridized carbons (Fsp3) is 0.200. The lowest BCUT2D eigenvalue weighted by atomic mass is 10.0. The van der Waals surface area contributed by atoms with Gasteiger partial charge in [-0.05, 0) is 16.7 Å². The van der Waals surface area contributed by atoms with E-state index in [0.717, 1.165) is 0 Å². The molecule has 88 valence electrons. The van der Waals surface area contributed by atoms with Crippen LogP contribution in [-0.2, 0) is 0 Å². The van der Waals surface area contributed by atoms with Crippen LogP contribution >= 0.6 is 11.6 Å². The van der Waals surface area contributed by atoms with Crippen molar-refractivity contribution in [2.75, 3.05) is 0 Å². The molecule has 2 heteroatoms. The first kappa shape index (κ1) is 12.4. The van der Waals surface area contributed by atoms with Crippen molar-refractivity contribution >= 4 is 20.4 Å². The van der Waals surface area contributed by atoms with Crippen molar-refractivity contribution in [1.82, 2.24) is 0 Å². The molecule has 0 nitrogen and oxygen atoms in total. The third kappa shape index (κ3) is 2.99. The van der Waals surface area contributed by atoms with Crippen LogP contribution in [0.1, 0.15) is 10.6 Å². The van der Waals surface area contributed by atoms with Gasteiger partial charge in [0.15, 0.2) is 0 Å². The molecule has 0 N–H and O–H groups in total. The van der Waals surface area contributed by atoms with Crippen LogP contribution in [-0.4, -0.2) is 8.80 Å². The molecule has 0 fully saturated rings. The Hall–Kier alpha value is -1.05. The van der Waals surface area contributed by atoms with Crippen LogP contribution in [0.15, 0.2) is 54.6 Å². The minimum atomic E-state index is -0.815. The normalized spacial score (nSPS) is 12.7. The van der Waals surface area contributed by atoms with Gasteiger partial charge in [0.25, 0.3) is 0 Å². The van der Waals surface area contributed by atoms with Crippen molar-refractivity contribution in [2.24, 2.45) is 0 Å². The zero-order valence-electron chi connectivity index (χ0n) is 10.2. The molecule has 0 saturated heterocycles.